The number of rotatable bonds is 4. The van der Waals surface area contributed by atoms with Crippen LogP contribution in [0.2, 0.25) is 0 Å². The molecule has 0 saturated carbocycles. The van der Waals surface area contributed by atoms with E-state index in [1.807, 2.05) is 48.5 Å². The van der Waals surface area contributed by atoms with Crippen molar-refractivity contribution >= 4 is 33.2 Å². The van der Waals surface area contributed by atoms with Crippen LogP contribution < -0.4 is 0 Å². The van der Waals surface area contributed by atoms with E-state index in [0.717, 1.165) is 30.4 Å². The van der Waals surface area contributed by atoms with Gasteiger partial charge in [0.1, 0.15) is 0 Å². The summed E-state index contributed by atoms with van der Waals surface area (Å²) in [6, 6.07) is 23.5. The maximum absolute atomic E-state index is 13.0. The van der Waals surface area contributed by atoms with Gasteiger partial charge in [-0.1, -0.05) is 60.7 Å². The van der Waals surface area contributed by atoms with E-state index in [4.69, 9.17) is 0 Å². The van der Waals surface area contributed by atoms with Crippen molar-refractivity contribution in [2.24, 2.45) is 0 Å². The molecule has 0 atom stereocenters. The van der Waals surface area contributed by atoms with E-state index in [9.17, 15) is 8.42 Å². The van der Waals surface area contributed by atoms with Gasteiger partial charge in [0.15, 0.2) is 0 Å². The molecule has 0 aliphatic carbocycles. The molecule has 1 aliphatic rings. The van der Waals surface area contributed by atoms with Crippen LogP contribution in [-0.4, -0.2) is 43.8 Å². The highest BCUT2D eigenvalue weighted by molar-refractivity contribution is 7.89. The van der Waals surface area contributed by atoms with E-state index < -0.39 is 10.0 Å². The van der Waals surface area contributed by atoms with Crippen LogP contribution in [-0.2, 0) is 16.6 Å². The van der Waals surface area contributed by atoms with Crippen molar-refractivity contribution in [2.75, 3.05) is 26.2 Å². The monoisotopic (exact) mass is 402 g/mol. The average Bonchev–Trinajstić information content (AvgIpc) is 2.69. The Morgan fingerprint density at radius 2 is 1.37 bits per heavy atom. The zero-order chi connectivity index (χ0) is 18.0. The molecule has 1 saturated heterocycles. The molecule has 4 rings (SSSR count). The average molecular weight is 403 g/mol. The van der Waals surface area contributed by atoms with Crippen molar-refractivity contribution in [1.82, 2.24) is 9.21 Å². The van der Waals surface area contributed by atoms with Gasteiger partial charge in [-0.3, -0.25) is 4.90 Å². The first-order valence-electron chi connectivity index (χ1n) is 8.88. The molecule has 142 valence electrons. The molecule has 1 heterocycles. The third-order valence-electron chi connectivity index (χ3n) is 4.94. The zero-order valence-corrected chi connectivity index (χ0v) is 16.6. The van der Waals surface area contributed by atoms with Gasteiger partial charge in [0.05, 0.1) is 4.90 Å². The summed E-state index contributed by atoms with van der Waals surface area (Å²) < 4.78 is 27.6. The molecule has 0 unspecified atom stereocenters. The summed E-state index contributed by atoms with van der Waals surface area (Å²) in [6.07, 6.45) is 0. The normalized spacial score (nSPS) is 16.1. The molecule has 0 aromatic heterocycles. The molecule has 3 aromatic rings. The molecular weight excluding hydrogens is 380 g/mol. The van der Waals surface area contributed by atoms with Gasteiger partial charge in [0, 0.05) is 32.7 Å². The summed E-state index contributed by atoms with van der Waals surface area (Å²) in [5.41, 5.74) is 1.26. The predicted molar refractivity (Wildman–Crippen MR) is 112 cm³/mol. The van der Waals surface area contributed by atoms with Crippen LogP contribution >= 0.6 is 12.4 Å². The second-order valence-corrected chi connectivity index (χ2v) is 8.61. The lowest BCUT2D eigenvalue weighted by molar-refractivity contribution is 0.181. The maximum atomic E-state index is 13.0. The molecule has 0 N–H and O–H groups in total. The molecule has 0 amide bonds. The van der Waals surface area contributed by atoms with Crippen LogP contribution in [0.15, 0.2) is 77.7 Å². The van der Waals surface area contributed by atoms with E-state index in [1.165, 1.54) is 5.56 Å². The Morgan fingerprint density at radius 1 is 0.741 bits per heavy atom. The quantitative estimate of drug-likeness (QED) is 0.667. The molecule has 1 fully saturated rings. The third kappa shape index (κ3) is 4.33. The summed E-state index contributed by atoms with van der Waals surface area (Å²) >= 11 is 0. The highest BCUT2D eigenvalue weighted by atomic mass is 35.5. The Bertz CT molecular complexity index is 1000. The largest absolute Gasteiger partial charge is 0.296 e. The van der Waals surface area contributed by atoms with E-state index in [2.05, 4.69) is 17.0 Å². The lowest BCUT2D eigenvalue weighted by Gasteiger charge is -2.34. The van der Waals surface area contributed by atoms with E-state index >= 15 is 0 Å². The second kappa shape index (κ2) is 8.40. The van der Waals surface area contributed by atoms with E-state index in [-0.39, 0.29) is 12.4 Å². The summed E-state index contributed by atoms with van der Waals surface area (Å²) in [7, 11) is -3.44. The van der Waals surface area contributed by atoms with Gasteiger partial charge >= 0.3 is 0 Å². The van der Waals surface area contributed by atoms with Crippen molar-refractivity contribution in [2.45, 2.75) is 11.4 Å². The molecule has 6 heteroatoms. The number of sulfonamides is 1. The first-order chi connectivity index (χ1) is 12.6. The minimum absolute atomic E-state index is 0. The molecule has 0 bridgehead atoms. The molecular formula is C21H23ClN2O2S. The first kappa shape index (κ1) is 19.8. The Labute approximate surface area is 166 Å². The summed E-state index contributed by atoms with van der Waals surface area (Å²) in [6.45, 7) is 3.43. The number of nitrogens with zero attached hydrogens (tertiary/aromatic N) is 2. The lowest BCUT2D eigenvalue weighted by atomic mass is 10.1. The summed E-state index contributed by atoms with van der Waals surface area (Å²) in [4.78, 5) is 2.69. The van der Waals surface area contributed by atoms with Crippen molar-refractivity contribution in [3.63, 3.8) is 0 Å². The van der Waals surface area contributed by atoms with Crippen LogP contribution in [0.4, 0.5) is 0 Å². The van der Waals surface area contributed by atoms with Gasteiger partial charge in [0.2, 0.25) is 10.0 Å². The number of hydrogen-bond donors (Lipinski definition) is 0. The Hall–Kier alpha value is -1.92. The lowest BCUT2D eigenvalue weighted by Crippen LogP contribution is -2.48. The molecule has 27 heavy (non-hydrogen) atoms. The number of halogens is 1. The van der Waals surface area contributed by atoms with E-state index in [1.54, 1.807) is 16.4 Å². The predicted octanol–water partition coefficient (Wildman–Crippen LogP) is 3.77. The fourth-order valence-corrected chi connectivity index (χ4v) is 4.90. The smallest absolute Gasteiger partial charge is 0.243 e. The minimum Gasteiger partial charge on any atom is -0.296 e. The first-order valence-corrected chi connectivity index (χ1v) is 10.3. The van der Waals surface area contributed by atoms with Crippen LogP contribution in [0.5, 0.6) is 0 Å². The van der Waals surface area contributed by atoms with Crippen LogP contribution in [0.3, 0.4) is 0 Å². The topological polar surface area (TPSA) is 40.6 Å². The van der Waals surface area contributed by atoms with Gasteiger partial charge in [-0.05, 0) is 28.5 Å². The standard InChI is InChI=1S/C21H22N2O2S.ClH/c24-26(25,21-11-10-19-8-4-5-9-20(19)16-21)23-14-12-22(13-15-23)17-18-6-2-1-3-7-18;/h1-11,16H,12-15,17H2;1H. The maximum Gasteiger partial charge on any atom is 0.243 e. The van der Waals surface area contributed by atoms with Gasteiger partial charge in [-0.15, -0.1) is 12.4 Å². The molecule has 0 spiro atoms. The number of benzene rings is 3. The van der Waals surface area contributed by atoms with Gasteiger partial charge in [-0.2, -0.15) is 4.31 Å². The van der Waals surface area contributed by atoms with Crippen molar-refractivity contribution in [3.05, 3.63) is 78.4 Å². The van der Waals surface area contributed by atoms with Gasteiger partial charge in [0.25, 0.3) is 0 Å². The van der Waals surface area contributed by atoms with Crippen LogP contribution in [0, 0.1) is 0 Å². The van der Waals surface area contributed by atoms with Crippen molar-refractivity contribution in [3.8, 4) is 0 Å². The molecule has 1 aliphatic heterocycles. The molecule has 4 nitrogen and oxygen atoms in total. The van der Waals surface area contributed by atoms with Crippen molar-refractivity contribution in [1.29, 1.82) is 0 Å². The number of fused-ring (bicyclic) bond motifs is 1. The zero-order valence-electron chi connectivity index (χ0n) is 15.0. The molecule has 3 aromatic carbocycles. The highest BCUT2D eigenvalue weighted by Crippen LogP contribution is 2.23. The van der Waals surface area contributed by atoms with Crippen LogP contribution in [0.25, 0.3) is 10.8 Å². The van der Waals surface area contributed by atoms with Crippen molar-refractivity contribution < 1.29 is 8.42 Å². The Morgan fingerprint density at radius 3 is 2.07 bits per heavy atom. The Balaban J connectivity index is 0.00000210. The number of hydrogen-bond acceptors (Lipinski definition) is 3. The summed E-state index contributed by atoms with van der Waals surface area (Å²) in [5.74, 6) is 0. The van der Waals surface area contributed by atoms with Crippen LogP contribution in [0.1, 0.15) is 5.56 Å². The summed E-state index contributed by atoms with van der Waals surface area (Å²) in [5, 5.41) is 2.01. The third-order valence-corrected chi connectivity index (χ3v) is 6.83. The minimum atomic E-state index is -3.44. The second-order valence-electron chi connectivity index (χ2n) is 6.67. The fourth-order valence-electron chi connectivity index (χ4n) is 3.45. The Kier molecular flexibility index (Phi) is 6.17. The van der Waals surface area contributed by atoms with Gasteiger partial charge < -0.3 is 0 Å². The SMILES string of the molecule is Cl.O=S(=O)(c1ccc2ccccc2c1)N1CCN(Cc2ccccc2)CC1. The molecule has 0 radical (unpaired) electrons. The van der Waals surface area contributed by atoms with Gasteiger partial charge in [-0.25, -0.2) is 8.42 Å². The highest BCUT2D eigenvalue weighted by Gasteiger charge is 2.28. The number of piperazine rings is 1. The van der Waals surface area contributed by atoms with E-state index in [0.29, 0.717) is 18.0 Å². The fraction of sp³-hybridized carbons (Fsp3) is 0.238.